The molecule has 84 valence electrons. The monoisotopic (exact) mass is 238 g/mol. The number of hydrogen-bond acceptors (Lipinski definition) is 5. The Morgan fingerprint density at radius 2 is 2.19 bits per heavy atom. The zero-order chi connectivity index (χ0) is 11.5. The van der Waals surface area contributed by atoms with Gasteiger partial charge in [-0.05, 0) is 12.1 Å². The van der Waals surface area contributed by atoms with Crippen molar-refractivity contribution in [2.75, 3.05) is 0 Å². The molecule has 0 aliphatic carbocycles. The highest BCUT2D eigenvalue weighted by Gasteiger charge is 2.10. The number of rotatable bonds is 3. The van der Waals surface area contributed by atoms with E-state index in [-0.39, 0.29) is 5.75 Å². The van der Waals surface area contributed by atoms with Crippen LogP contribution in [0.1, 0.15) is 5.82 Å². The van der Waals surface area contributed by atoms with Gasteiger partial charge in [-0.1, -0.05) is 0 Å². The molecule has 7 heteroatoms. The Labute approximate surface area is 93.9 Å². The van der Waals surface area contributed by atoms with Gasteiger partial charge in [-0.2, -0.15) is 0 Å². The third-order valence-corrected chi connectivity index (χ3v) is 2.70. The molecule has 0 radical (unpaired) electrons. The van der Waals surface area contributed by atoms with Crippen molar-refractivity contribution in [1.29, 1.82) is 0 Å². The first-order valence-electron chi connectivity index (χ1n) is 4.59. The maximum Gasteiger partial charge on any atom is 0.165 e. The normalized spacial score (nSPS) is 10.9. The predicted molar refractivity (Wildman–Crippen MR) is 58.3 cm³/mol. The van der Waals surface area contributed by atoms with Crippen molar-refractivity contribution in [2.24, 2.45) is 7.05 Å². The molecule has 2 heterocycles. The van der Waals surface area contributed by atoms with Crippen LogP contribution in [0.5, 0.6) is 0 Å². The molecule has 2 rings (SSSR count). The van der Waals surface area contributed by atoms with Gasteiger partial charge in [0.2, 0.25) is 0 Å². The SMILES string of the molecule is Cn1c(C[SH](=O)=O)nnc1-c1cccnc1. The molecule has 0 saturated heterocycles. The molecule has 0 unspecified atom stereocenters. The van der Waals surface area contributed by atoms with E-state index in [4.69, 9.17) is 0 Å². The Balaban J connectivity index is 2.41. The van der Waals surface area contributed by atoms with E-state index >= 15 is 0 Å². The lowest BCUT2D eigenvalue weighted by atomic mass is 10.3. The summed E-state index contributed by atoms with van der Waals surface area (Å²) >= 11 is 0. The minimum absolute atomic E-state index is 0.0981. The first-order valence-corrected chi connectivity index (χ1v) is 5.95. The van der Waals surface area contributed by atoms with E-state index in [1.165, 1.54) is 0 Å². The molecule has 0 atom stereocenters. The second-order valence-corrected chi connectivity index (χ2v) is 4.21. The molecule has 2 aromatic rings. The predicted octanol–water partition coefficient (Wildman–Crippen LogP) is -0.0115. The standard InChI is InChI=1S/C9H10N4O2S/c1-13-8(6-16(14)15)11-12-9(13)7-3-2-4-10-5-7/h2-5,16H,6H2,1H3. The van der Waals surface area contributed by atoms with Gasteiger partial charge in [-0.15, -0.1) is 10.2 Å². The lowest BCUT2D eigenvalue weighted by molar-refractivity contribution is 0.611. The van der Waals surface area contributed by atoms with Crippen LogP contribution in [0.3, 0.4) is 0 Å². The summed E-state index contributed by atoms with van der Waals surface area (Å²) in [5, 5.41) is 7.78. The molecule has 2 aromatic heterocycles. The quantitative estimate of drug-likeness (QED) is 0.761. The Hall–Kier alpha value is -1.76. The Bertz CT molecular complexity index is 554. The minimum Gasteiger partial charge on any atom is -0.313 e. The van der Waals surface area contributed by atoms with Gasteiger partial charge in [0.1, 0.15) is 22.3 Å². The second-order valence-electron chi connectivity index (χ2n) is 3.23. The van der Waals surface area contributed by atoms with Crippen molar-refractivity contribution in [3.63, 3.8) is 0 Å². The van der Waals surface area contributed by atoms with Crippen molar-refractivity contribution in [3.05, 3.63) is 30.4 Å². The Morgan fingerprint density at radius 1 is 1.38 bits per heavy atom. The molecule has 0 N–H and O–H groups in total. The third-order valence-electron chi connectivity index (χ3n) is 2.16. The van der Waals surface area contributed by atoms with Crippen LogP contribution in [-0.2, 0) is 23.5 Å². The summed E-state index contributed by atoms with van der Waals surface area (Å²) < 4.78 is 22.9. The number of aromatic nitrogens is 4. The Kier molecular flexibility index (Phi) is 2.95. The van der Waals surface area contributed by atoms with Crippen molar-refractivity contribution in [2.45, 2.75) is 5.75 Å². The summed E-state index contributed by atoms with van der Waals surface area (Å²) in [6.07, 6.45) is 3.32. The van der Waals surface area contributed by atoms with Crippen molar-refractivity contribution >= 4 is 10.7 Å². The zero-order valence-electron chi connectivity index (χ0n) is 8.57. The van der Waals surface area contributed by atoms with Crippen LogP contribution in [0.25, 0.3) is 11.4 Å². The summed E-state index contributed by atoms with van der Waals surface area (Å²) in [5.41, 5.74) is 0.810. The summed E-state index contributed by atoms with van der Waals surface area (Å²) in [4.78, 5) is 3.97. The topological polar surface area (TPSA) is 77.7 Å². The molecule has 0 fully saturated rings. The lowest BCUT2D eigenvalue weighted by Gasteiger charge is -2.00. The summed E-state index contributed by atoms with van der Waals surface area (Å²) in [5.74, 6) is 0.939. The van der Waals surface area contributed by atoms with E-state index in [0.29, 0.717) is 11.6 Å². The zero-order valence-corrected chi connectivity index (χ0v) is 9.46. The van der Waals surface area contributed by atoms with E-state index in [9.17, 15) is 8.42 Å². The molecule has 0 bridgehead atoms. The van der Waals surface area contributed by atoms with Crippen LogP contribution < -0.4 is 0 Å². The van der Waals surface area contributed by atoms with E-state index in [0.717, 1.165) is 5.56 Å². The highest BCUT2D eigenvalue weighted by Crippen LogP contribution is 2.15. The highest BCUT2D eigenvalue weighted by atomic mass is 32.2. The van der Waals surface area contributed by atoms with Crippen molar-refractivity contribution < 1.29 is 8.42 Å². The van der Waals surface area contributed by atoms with Crippen LogP contribution in [0.15, 0.2) is 24.5 Å². The summed E-state index contributed by atoms with van der Waals surface area (Å²) in [7, 11) is -0.755. The third kappa shape index (κ3) is 2.08. The largest absolute Gasteiger partial charge is 0.313 e. The molecule has 0 spiro atoms. The molecule has 16 heavy (non-hydrogen) atoms. The van der Waals surface area contributed by atoms with E-state index < -0.39 is 10.7 Å². The fourth-order valence-electron chi connectivity index (χ4n) is 1.36. The van der Waals surface area contributed by atoms with Gasteiger partial charge in [-0.3, -0.25) is 4.98 Å². The second kappa shape index (κ2) is 4.40. The van der Waals surface area contributed by atoms with Gasteiger partial charge < -0.3 is 4.57 Å². The molecular formula is C9H10N4O2S. The van der Waals surface area contributed by atoms with Crippen LogP contribution in [0.4, 0.5) is 0 Å². The highest BCUT2D eigenvalue weighted by molar-refractivity contribution is 7.71. The first kappa shape index (κ1) is 10.7. The molecule has 0 aliphatic rings. The molecule has 0 aliphatic heterocycles. The van der Waals surface area contributed by atoms with E-state index in [1.54, 1.807) is 30.1 Å². The Morgan fingerprint density at radius 3 is 2.81 bits per heavy atom. The number of hydrogen-bond donors (Lipinski definition) is 1. The van der Waals surface area contributed by atoms with E-state index in [1.807, 2.05) is 6.07 Å². The minimum atomic E-state index is -2.49. The average molecular weight is 238 g/mol. The summed E-state index contributed by atoms with van der Waals surface area (Å²) in [6.45, 7) is 0. The van der Waals surface area contributed by atoms with Gasteiger partial charge in [0.05, 0.1) is 0 Å². The van der Waals surface area contributed by atoms with E-state index in [2.05, 4.69) is 15.2 Å². The van der Waals surface area contributed by atoms with Gasteiger partial charge in [0.25, 0.3) is 0 Å². The van der Waals surface area contributed by atoms with Crippen LogP contribution in [-0.4, -0.2) is 28.2 Å². The molecule has 0 aromatic carbocycles. The lowest BCUT2D eigenvalue weighted by Crippen LogP contribution is -2.00. The van der Waals surface area contributed by atoms with Crippen LogP contribution >= 0.6 is 0 Å². The smallest absolute Gasteiger partial charge is 0.165 e. The molecule has 0 amide bonds. The van der Waals surface area contributed by atoms with Gasteiger partial charge >= 0.3 is 0 Å². The van der Waals surface area contributed by atoms with Crippen molar-refractivity contribution in [1.82, 2.24) is 19.7 Å². The van der Waals surface area contributed by atoms with Crippen LogP contribution in [0.2, 0.25) is 0 Å². The number of pyridine rings is 1. The molecule has 6 nitrogen and oxygen atoms in total. The molecule has 0 saturated carbocycles. The fourth-order valence-corrected chi connectivity index (χ4v) is 1.87. The number of nitrogens with zero attached hydrogens (tertiary/aromatic N) is 4. The first-order chi connectivity index (χ1) is 7.68. The van der Waals surface area contributed by atoms with Gasteiger partial charge in [-0.25, -0.2) is 8.42 Å². The van der Waals surface area contributed by atoms with Gasteiger partial charge in [0, 0.05) is 25.0 Å². The average Bonchev–Trinajstić information content (AvgIpc) is 2.61. The number of thiol groups is 1. The van der Waals surface area contributed by atoms with Crippen molar-refractivity contribution in [3.8, 4) is 11.4 Å². The maximum absolute atomic E-state index is 10.6. The van der Waals surface area contributed by atoms with Gasteiger partial charge in [0.15, 0.2) is 5.82 Å². The van der Waals surface area contributed by atoms with Crippen LogP contribution in [0, 0.1) is 0 Å². The maximum atomic E-state index is 10.6. The summed E-state index contributed by atoms with van der Waals surface area (Å²) in [6, 6.07) is 3.63. The molecular weight excluding hydrogens is 228 g/mol. The fraction of sp³-hybridized carbons (Fsp3) is 0.222.